The predicted molar refractivity (Wildman–Crippen MR) is 43.4 cm³/mol. The summed E-state index contributed by atoms with van der Waals surface area (Å²) in [5.74, 6) is 0. The third-order valence-electron chi connectivity index (χ3n) is 1.29. The molecule has 0 atom stereocenters. The number of hydrogen-bond donors (Lipinski definition) is 2. The van der Waals surface area contributed by atoms with Crippen molar-refractivity contribution in [2.24, 2.45) is 0 Å². The number of hydrogen-bond acceptors (Lipinski definition) is 2. The van der Waals surface area contributed by atoms with Crippen molar-refractivity contribution in [3.63, 3.8) is 0 Å². The standard InChI is InChI=1S/C8H12N2/c1-9-5-2-3-8-4-6-10-7-8/h2-6,9-10H,7H2,1H3/b5-2-,8-3-. The molecule has 1 rings (SSSR count). The van der Waals surface area contributed by atoms with Crippen LogP contribution in [0.25, 0.3) is 0 Å². The Labute approximate surface area is 61.3 Å². The molecule has 0 saturated carbocycles. The zero-order valence-corrected chi connectivity index (χ0v) is 6.09. The molecule has 0 spiro atoms. The van der Waals surface area contributed by atoms with Gasteiger partial charge >= 0.3 is 0 Å². The van der Waals surface area contributed by atoms with E-state index in [1.807, 2.05) is 25.5 Å². The van der Waals surface area contributed by atoms with E-state index >= 15 is 0 Å². The van der Waals surface area contributed by atoms with Crippen molar-refractivity contribution in [3.8, 4) is 0 Å². The number of nitrogens with one attached hydrogen (secondary N) is 2. The van der Waals surface area contributed by atoms with Gasteiger partial charge in [-0.25, -0.2) is 0 Å². The van der Waals surface area contributed by atoms with Crippen LogP contribution in [0.5, 0.6) is 0 Å². The molecule has 0 saturated heterocycles. The minimum atomic E-state index is 0.952. The average Bonchev–Trinajstić information content (AvgIpc) is 2.41. The monoisotopic (exact) mass is 136 g/mol. The van der Waals surface area contributed by atoms with Gasteiger partial charge in [0.1, 0.15) is 0 Å². The zero-order valence-electron chi connectivity index (χ0n) is 6.09. The molecule has 0 aliphatic carbocycles. The Morgan fingerprint density at radius 1 is 1.70 bits per heavy atom. The molecule has 0 aromatic heterocycles. The van der Waals surface area contributed by atoms with E-state index in [0.29, 0.717) is 0 Å². The highest BCUT2D eigenvalue weighted by molar-refractivity contribution is 5.28. The van der Waals surface area contributed by atoms with Crippen LogP contribution >= 0.6 is 0 Å². The van der Waals surface area contributed by atoms with E-state index in [4.69, 9.17) is 0 Å². The Morgan fingerprint density at radius 2 is 2.60 bits per heavy atom. The second-order valence-electron chi connectivity index (χ2n) is 2.10. The van der Waals surface area contributed by atoms with E-state index in [0.717, 1.165) is 6.54 Å². The minimum absolute atomic E-state index is 0.952. The van der Waals surface area contributed by atoms with Crippen LogP contribution in [-0.4, -0.2) is 13.6 Å². The van der Waals surface area contributed by atoms with Crippen LogP contribution in [-0.2, 0) is 0 Å². The molecule has 2 N–H and O–H groups in total. The Bertz CT molecular complexity index is 178. The van der Waals surface area contributed by atoms with Gasteiger partial charge < -0.3 is 10.6 Å². The molecule has 2 heteroatoms. The van der Waals surface area contributed by atoms with E-state index in [1.165, 1.54) is 5.57 Å². The molecule has 2 nitrogen and oxygen atoms in total. The maximum atomic E-state index is 3.10. The lowest BCUT2D eigenvalue weighted by Gasteiger charge is -1.89. The van der Waals surface area contributed by atoms with Crippen molar-refractivity contribution in [3.05, 3.63) is 36.2 Å². The lowest BCUT2D eigenvalue weighted by molar-refractivity contribution is 1.01. The molecule has 54 valence electrons. The van der Waals surface area contributed by atoms with Gasteiger partial charge in [-0.1, -0.05) is 6.08 Å². The van der Waals surface area contributed by atoms with Crippen molar-refractivity contribution in [2.75, 3.05) is 13.6 Å². The van der Waals surface area contributed by atoms with Gasteiger partial charge in [0.15, 0.2) is 0 Å². The quantitative estimate of drug-likeness (QED) is 0.585. The molecule has 10 heavy (non-hydrogen) atoms. The first-order chi connectivity index (χ1) is 4.93. The van der Waals surface area contributed by atoms with E-state index in [1.54, 1.807) is 0 Å². The van der Waals surface area contributed by atoms with Gasteiger partial charge in [-0.3, -0.25) is 0 Å². The Balaban J connectivity index is 2.39. The molecular weight excluding hydrogens is 124 g/mol. The lowest BCUT2D eigenvalue weighted by atomic mass is 10.3. The van der Waals surface area contributed by atoms with Gasteiger partial charge in [0.05, 0.1) is 0 Å². The maximum Gasteiger partial charge on any atom is 0.0395 e. The van der Waals surface area contributed by atoms with E-state index < -0.39 is 0 Å². The minimum Gasteiger partial charge on any atom is -0.394 e. The molecule has 1 heterocycles. The summed E-state index contributed by atoms with van der Waals surface area (Å²) in [6, 6.07) is 0. The number of allylic oxidation sites excluding steroid dienone is 2. The number of rotatable bonds is 2. The van der Waals surface area contributed by atoms with Gasteiger partial charge in [0, 0.05) is 13.6 Å². The molecule has 1 aliphatic heterocycles. The fourth-order valence-electron chi connectivity index (χ4n) is 0.784. The molecule has 1 aliphatic rings. The van der Waals surface area contributed by atoms with Crippen molar-refractivity contribution in [2.45, 2.75) is 0 Å². The van der Waals surface area contributed by atoms with Crippen LogP contribution in [0.3, 0.4) is 0 Å². The summed E-state index contributed by atoms with van der Waals surface area (Å²) in [7, 11) is 1.89. The van der Waals surface area contributed by atoms with Crippen molar-refractivity contribution >= 4 is 0 Å². The predicted octanol–water partition coefficient (Wildman–Crippen LogP) is 0.763. The summed E-state index contributed by atoms with van der Waals surface area (Å²) >= 11 is 0. The molecule has 0 amide bonds. The molecular formula is C8H12N2. The van der Waals surface area contributed by atoms with Gasteiger partial charge in [0.25, 0.3) is 0 Å². The molecule has 0 aromatic carbocycles. The Morgan fingerprint density at radius 3 is 3.20 bits per heavy atom. The first kappa shape index (κ1) is 6.93. The van der Waals surface area contributed by atoms with Crippen LogP contribution in [0.2, 0.25) is 0 Å². The zero-order chi connectivity index (χ0) is 7.23. The highest BCUT2D eigenvalue weighted by atomic mass is 14.8. The fourth-order valence-corrected chi connectivity index (χ4v) is 0.784. The van der Waals surface area contributed by atoms with E-state index in [9.17, 15) is 0 Å². The van der Waals surface area contributed by atoms with Crippen molar-refractivity contribution in [1.29, 1.82) is 0 Å². The van der Waals surface area contributed by atoms with Crippen LogP contribution in [0.15, 0.2) is 36.2 Å². The summed E-state index contributed by atoms with van der Waals surface area (Å²) in [6.45, 7) is 0.952. The van der Waals surface area contributed by atoms with Gasteiger partial charge in [-0.15, -0.1) is 0 Å². The smallest absolute Gasteiger partial charge is 0.0395 e. The summed E-state index contributed by atoms with van der Waals surface area (Å²) in [5, 5.41) is 6.02. The highest BCUT2D eigenvalue weighted by Crippen LogP contribution is 1.99. The molecule has 0 fully saturated rings. The van der Waals surface area contributed by atoms with E-state index in [2.05, 4.69) is 22.8 Å². The summed E-state index contributed by atoms with van der Waals surface area (Å²) in [5.41, 5.74) is 1.31. The first-order valence-corrected chi connectivity index (χ1v) is 3.36. The SMILES string of the molecule is CN/C=C\C=C1\C=CNC1. The Hall–Kier alpha value is -1.18. The topological polar surface area (TPSA) is 24.1 Å². The molecule has 0 aromatic rings. The first-order valence-electron chi connectivity index (χ1n) is 3.36. The van der Waals surface area contributed by atoms with Gasteiger partial charge in [-0.2, -0.15) is 0 Å². The molecule has 0 unspecified atom stereocenters. The van der Waals surface area contributed by atoms with Crippen molar-refractivity contribution < 1.29 is 0 Å². The fraction of sp³-hybridized carbons (Fsp3) is 0.250. The normalized spacial score (nSPS) is 20.3. The molecule has 0 radical (unpaired) electrons. The van der Waals surface area contributed by atoms with E-state index in [-0.39, 0.29) is 0 Å². The Kier molecular flexibility index (Phi) is 2.62. The second kappa shape index (κ2) is 3.77. The highest BCUT2D eigenvalue weighted by Gasteiger charge is 1.93. The lowest BCUT2D eigenvalue weighted by Crippen LogP contribution is -1.99. The third-order valence-corrected chi connectivity index (χ3v) is 1.29. The summed E-state index contributed by atoms with van der Waals surface area (Å²) < 4.78 is 0. The van der Waals surface area contributed by atoms with Crippen LogP contribution in [0, 0.1) is 0 Å². The summed E-state index contributed by atoms with van der Waals surface area (Å²) in [6.07, 6.45) is 10.00. The largest absolute Gasteiger partial charge is 0.394 e. The van der Waals surface area contributed by atoms with Crippen molar-refractivity contribution in [1.82, 2.24) is 10.6 Å². The van der Waals surface area contributed by atoms with Crippen LogP contribution in [0.4, 0.5) is 0 Å². The van der Waals surface area contributed by atoms with Crippen LogP contribution < -0.4 is 10.6 Å². The second-order valence-corrected chi connectivity index (χ2v) is 2.10. The van der Waals surface area contributed by atoms with Crippen LogP contribution in [0.1, 0.15) is 0 Å². The molecule has 0 bridgehead atoms. The van der Waals surface area contributed by atoms with Gasteiger partial charge in [0.2, 0.25) is 0 Å². The third kappa shape index (κ3) is 1.97. The average molecular weight is 136 g/mol. The maximum absolute atomic E-state index is 3.10. The summed E-state index contributed by atoms with van der Waals surface area (Å²) in [4.78, 5) is 0. The van der Waals surface area contributed by atoms with Gasteiger partial charge in [-0.05, 0) is 30.1 Å².